The molecule has 0 bridgehead atoms. The molecule has 0 aliphatic rings. The lowest BCUT2D eigenvalue weighted by atomic mass is 10.1. The molecule has 6 aromatic carbocycles. The molecule has 0 N–H and O–H groups in total. The van der Waals surface area contributed by atoms with Crippen LogP contribution in [0.3, 0.4) is 0 Å². The monoisotopic (exact) mass is 609 g/mol. The molecule has 0 spiro atoms. The van der Waals surface area contributed by atoms with Crippen LogP contribution in [-0.4, -0.2) is 14.5 Å². The van der Waals surface area contributed by atoms with Gasteiger partial charge in [0.1, 0.15) is 4.83 Å². The lowest BCUT2D eigenvalue weighted by Gasteiger charge is -2.14. The van der Waals surface area contributed by atoms with E-state index in [9.17, 15) is 0 Å². The summed E-state index contributed by atoms with van der Waals surface area (Å²) >= 11 is 3.61. The molecule has 210 valence electrons. The Morgan fingerprint density at radius 1 is 0.489 bits per heavy atom. The maximum atomic E-state index is 5.38. The lowest BCUT2D eigenvalue weighted by Crippen LogP contribution is -2.00. The van der Waals surface area contributed by atoms with E-state index in [4.69, 9.17) is 9.97 Å². The van der Waals surface area contributed by atoms with E-state index in [-0.39, 0.29) is 0 Å². The zero-order chi connectivity index (χ0) is 29.5. The smallest absolute Gasteiger partial charge is 0.163 e. The maximum Gasteiger partial charge on any atom is 0.163 e. The van der Waals surface area contributed by atoms with E-state index < -0.39 is 0 Å². The van der Waals surface area contributed by atoms with E-state index in [0.29, 0.717) is 0 Å². The highest BCUT2D eigenvalue weighted by atomic mass is 32.1. The summed E-state index contributed by atoms with van der Waals surface area (Å²) in [5.74, 6) is 0.734. The number of fused-ring (bicyclic) bond motifs is 10. The molecule has 5 heteroatoms. The van der Waals surface area contributed by atoms with Gasteiger partial charge in [0.05, 0.1) is 27.1 Å². The molecule has 4 heterocycles. The Bertz CT molecular complexity index is 2770. The van der Waals surface area contributed by atoms with E-state index in [1.807, 2.05) is 11.3 Å². The summed E-state index contributed by atoms with van der Waals surface area (Å²) in [6, 6.07) is 49.8. The second-order valence-corrected chi connectivity index (χ2v) is 13.4. The minimum atomic E-state index is 0.734. The van der Waals surface area contributed by atoms with Gasteiger partial charge in [-0.05, 0) is 30.3 Å². The standard InChI is InChI=1S/C40H23N3S2/c1-2-12-24(13-3-1)36-35-30-17-7-11-21-34(30)45-40(35)42-39(41-36)29-16-5-9-19-32(29)43-31-18-8-4-14-25(31)27-22-23-28-26-15-6-10-20-33(26)44-38(28)37(27)43/h1-23H. The van der Waals surface area contributed by atoms with Gasteiger partial charge in [0.2, 0.25) is 0 Å². The van der Waals surface area contributed by atoms with Crippen molar-refractivity contribution in [3.63, 3.8) is 0 Å². The van der Waals surface area contributed by atoms with Crippen molar-refractivity contribution < 1.29 is 0 Å². The summed E-state index contributed by atoms with van der Waals surface area (Å²) in [5, 5.41) is 7.41. The fraction of sp³-hybridized carbons (Fsp3) is 0. The number of thiophene rings is 2. The number of rotatable bonds is 3. The largest absolute Gasteiger partial charge is 0.307 e. The number of benzene rings is 6. The Morgan fingerprint density at radius 2 is 1.16 bits per heavy atom. The van der Waals surface area contributed by atoms with Crippen LogP contribution in [0.4, 0.5) is 0 Å². The summed E-state index contributed by atoms with van der Waals surface area (Å²) in [6.45, 7) is 0. The van der Waals surface area contributed by atoms with Gasteiger partial charge in [0.25, 0.3) is 0 Å². The summed E-state index contributed by atoms with van der Waals surface area (Å²) in [6.07, 6.45) is 0. The number of nitrogens with zero attached hydrogens (tertiary/aromatic N) is 3. The third-order valence-electron chi connectivity index (χ3n) is 8.85. The molecular formula is C40H23N3S2. The first kappa shape index (κ1) is 25.0. The summed E-state index contributed by atoms with van der Waals surface area (Å²) in [4.78, 5) is 11.7. The molecule has 4 aromatic heterocycles. The van der Waals surface area contributed by atoms with Crippen LogP contribution >= 0.6 is 22.7 Å². The number of hydrogen-bond donors (Lipinski definition) is 0. The van der Waals surface area contributed by atoms with Gasteiger partial charge in [-0.15, -0.1) is 22.7 Å². The third-order valence-corrected chi connectivity index (χ3v) is 11.1. The highest BCUT2D eigenvalue weighted by molar-refractivity contribution is 7.26. The van der Waals surface area contributed by atoms with Crippen LogP contribution in [0.25, 0.3) is 90.6 Å². The Kier molecular flexibility index (Phi) is 5.32. The normalized spacial score (nSPS) is 12.0. The first-order chi connectivity index (χ1) is 22.3. The Labute approximate surface area is 266 Å². The fourth-order valence-corrected chi connectivity index (χ4v) is 9.20. The van der Waals surface area contributed by atoms with Crippen molar-refractivity contribution in [1.82, 2.24) is 14.5 Å². The Hall–Kier alpha value is -5.36. The van der Waals surface area contributed by atoms with Gasteiger partial charge >= 0.3 is 0 Å². The highest BCUT2D eigenvalue weighted by Gasteiger charge is 2.22. The van der Waals surface area contributed by atoms with Crippen LogP contribution in [0.15, 0.2) is 140 Å². The van der Waals surface area contributed by atoms with E-state index in [0.717, 1.165) is 38.5 Å². The second-order valence-electron chi connectivity index (χ2n) is 11.3. The minimum absolute atomic E-state index is 0.734. The second kappa shape index (κ2) is 9.57. The van der Waals surface area contributed by atoms with Crippen molar-refractivity contribution in [3.8, 4) is 28.3 Å². The van der Waals surface area contributed by atoms with E-state index >= 15 is 0 Å². The van der Waals surface area contributed by atoms with Gasteiger partial charge in [-0.2, -0.15) is 0 Å². The molecule has 0 unspecified atom stereocenters. The molecule has 0 amide bonds. The molecule has 0 aliphatic carbocycles. The predicted octanol–water partition coefficient (Wildman–Crippen LogP) is 11.6. The van der Waals surface area contributed by atoms with Crippen LogP contribution in [0.2, 0.25) is 0 Å². The summed E-state index contributed by atoms with van der Waals surface area (Å²) in [5.41, 5.74) is 6.56. The topological polar surface area (TPSA) is 30.7 Å². The van der Waals surface area contributed by atoms with Gasteiger partial charge in [-0.3, -0.25) is 0 Å². The SMILES string of the molecule is c1ccc(-c2nc(-c3ccccc3-n3c4ccccc4c4ccc5c6ccccc6sc5c43)nc3sc4ccccc4c23)cc1. The van der Waals surface area contributed by atoms with Gasteiger partial charge < -0.3 is 4.57 Å². The zero-order valence-electron chi connectivity index (χ0n) is 23.9. The van der Waals surface area contributed by atoms with Crippen molar-refractivity contribution in [1.29, 1.82) is 0 Å². The quantitative estimate of drug-likeness (QED) is 0.199. The molecular weight excluding hydrogens is 587 g/mol. The molecule has 0 fully saturated rings. The molecule has 0 radical (unpaired) electrons. The molecule has 3 nitrogen and oxygen atoms in total. The highest BCUT2D eigenvalue weighted by Crippen LogP contribution is 2.45. The van der Waals surface area contributed by atoms with Crippen LogP contribution in [0.1, 0.15) is 0 Å². The maximum absolute atomic E-state index is 5.38. The molecule has 10 aromatic rings. The zero-order valence-corrected chi connectivity index (χ0v) is 25.6. The minimum Gasteiger partial charge on any atom is -0.307 e. The third kappa shape index (κ3) is 3.62. The molecule has 0 atom stereocenters. The lowest BCUT2D eigenvalue weighted by molar-refractivity contribution is 1.16. The molecule has 45 heavy (non-hydrogen) atoms. The van der Waals surface area contributed by atoms with E-state index in [2.05, 4.69) is 144 Å². The predicted molar refractivity (Wildman–Crippen MR) is 193 cm³/mol. The molecule has 0 aliphatic heterocycles. The van der Waals surface area contributed by atoms with Gasteiger partial charge in [0.15, 0.2) is 5.82 Å². The van der Waals surface area contributed by atoms with Crippen LogP contribution in [0, 0.1) is 0 Å². The molecule has 0 saturated carbocycles. The average molecular weight is 610 g/mol. The van der Waals surface area contributed by atoms with Gasteiger partial charge in [-0.1, -0.05) is 109 Å². The first-order valence-corrected chi connectivity index (χ1v) is 16.6. The molecule has 0 saturated heterocycles. The van der Waals surface area contributed by atoms with Crippen LogP contribution in [-0.2, 0) is 0 Å². The Morgan fingerprint density at radius 3 is 2.02 bits per heavy atom. The van der Waals surface area contributed by atoms with Crippen molar-refractivity contribution >= 4 is 85.0 Å². The van der Waals surface area contributed by atoms with Crippen molar-refractivity contribution in [2.45, 2.75) is 0 Å². The van der Waals surface area contributed by atoms with Crippen molar-refractivity contribution in [3.05, 3.63) is 140 Å². The Balaban J connectivity index is 1.33. The van der Waals surface area contributed by atoms with Crippen molar-refractivity contribution in [2.75, 3.05) is 0 Å². The first-order valence-electron chi connectivity index (χ1n) is 15.0. The van der Waals surface area contributed by atoms with Gasteiger partial charge in [0, 0.05) is 52.8 Å². The summed E-state index contributed by atoms with van der Waals surface area (Å²) in [7, 11) is 0. The number of para-hydroxylation sites is 2. The average Bonchev–Trinajstić information content (AvgIpc) is 3.78. The number of aromatic nitrogens is 3. The van der Waals surface area contributed by atoms with E-state index in [1.54, 1.807) is 11.3 Å². The van der Waals surface area contributed by atoms with Gasteiger partial charge in [-0.25, -0.2) is 9.97 Å². The van der Waals surface area contributed by atoms with Crippen molar-refractivity contribution in [2.24, 2.45) is 0 Å². The van der Waals surface area contributed by atoms with Crippen LogP contribution in [0.5, 0.6) is 0 Å². The number of hydrogen-bond acceptors (Lipinski definition) is 4. The summed E-state index contributed by atoms with van der Waals surface area (Å²) < 4.78 is 6.26. The fourth-order valence-electron chi connectivity index (χ4n) is 6.89. The van der Waals surface area contributed by atoms with Crippen LogP contribution < -0.4 is 0 Å². The van der Waals surface area contributed by atoms with E-state index in [1.165, 1.54) is 52.1 Å². The molecule has 10 rings (SSSR count).